The van der Waals surface area contributed by atoms with Crippen molar-refractivity contribution in [3.05, 3.63) is 28.8 Å². The lowest BCUT2D eigenvalue weighted by molar-refractivity contribution is -0.145. The van der Waals surface area contributed by atoms with Crippen LogP contribution in [0.25, 0.3) is 0 Å². The molecule has 2 atom stereocenters. The molecule has 0 aromatic heterocycles. The Balaban J connectivity index is 1.71. The fourth-order valence-corrected chi connectivity index (χ4v) is 2.91. The summed E-state index contributed by atoms with van der Waals surface area (Å²) in [5, 5.41) is 9.69. The number of halogens is 1. The Morgan fingerprint density at radius 1 is 1.45 bits per heavy atom. The highest BCUT2D eigenvalue weighted by Crippen LogP contribution is 2.34. The Morgan fingerprint density at radius 3 is 2.82 bits per heavy atom. The van der Waals surface area contributed by atoms with Crippen molar-refractivity contribution in [2.75, 3.05) is 6.54 Å². The van der Waals surface area contributed by atoms with Crippen LogP contribution in [0.2, 0.25) is 5.02 Å². The molecule has 1 N–H and O–H groups in total. The van der Waals surface area contributed by atoms with Crippen LogP contribution in [0.15, 0.2) is 18.2 Å². The number of aliphatic carboxylic acids is 1. The van der Waals surface area contributed by atoms with E-state index in [1.807, 2.05) is 6.07 Å². The average molecular weight is 324 g/mol. The summed E-state index contributed by atoms with van der Waals surface area (Å²) >= 11 is 5.96. The maximum absolute atomic E-state index is 12.7. The first kappa shape index (κ1) is 15.2. The molecule has 1 saturated carbocycles. The van der Waals surface area contributed by atoms with E-state index < -0.39 is 18.0 Å². The highest BCUT2D eigenvalue weighted by Gasteiger charge is 2.40. The zero-order valence-corrected chi connectivity index (χ0v) is 13.0. The first-order chi connectivity index (χ1) is 10.5. The van der Waals surface area contributed by atoms with Gasteiger partial charge in [0, 0.05) is 24.0 Å². The second kappa shape index (κ2) is 5.80. The molecule has 5 nitrogen and oxygen atoms in total. The number of ether oxygens (including phenoxy) is 1. The Hall–Kier alpha value is -1.75. The molecule has 0 bridgehead atoms. The number of hydrogen-bond donors (Lipinski definition) is 1. The minimum Gasteiger partial charge on any atom is -0.481 e. The largest absolute Gasteiger partial charge is 0.481 e. The predicted molar refractivity (Wildman–Crippen MR) is 81.1 cm³/mol. The summed E-state index contributed by atoms with van der Waals surface area (Å²) in [4.78, 5) is 25.4. The molecule has 0 saturated heterocycles. The van der Waals surface area contributed by atoms with Gasteiger partial charge in [0.15, 0.2) is 6.10 Å². The molecule has 1 fully saturated rings. The van der Waals surface area contributed by atoms with Gasteiger partial charge >= 0.3 is 5.97 Å². The molecule has 1 aromatic rings. The molecule has 1 aliphatic carbocycles. The van der Waals surface area contributed by atoms with Crippen LogP contribution in [-0.2, 0) is 16.0 Å². The summed E-state index contributed by atoms with van der Waals surface area (Å²) < 4.78 is 5.73. The number of nitrogens with zero attached hydrogens (tertiary/aromatic N) is 1. The molecule has 1 aliphatic heterocycles. The van der Waals surface area contributed by atoms with Gasteiger partial charge in [0.2, 0.25) is 0 Å². The molecule has 1 heterocycles. The van der Waals surface area contributed by atoms with Crippen LogP contribution in [0.3, 0.4) is 0 Å². The summed E-state index contributed by atoms with van der Waals surface area (Å²) in [7, 11) is 0. The molecule has 1 aromatic carbocycles. The van der Waals surface area contributed by atoms with E-state index in [-0.39, 0.29) is 18.5 Å². The van der Waals surface area contributed by atoms with Gasteiger partial charge in [-0.05, 0) is 36.6 Å². The van der Waals surface area contributed by atoms with Gasteiger partial charge in [0.1, 0.15) is 5.75 Å². The summed E-state index contributed by atoms with van der Waals surface area (Å²) in [6.45, 7) is 1.85. The number of carboxylic acid groups (broad SMARTS) is 1. The van der Waals surface area contributed by atoms with Crippen LogP contribution in [-0.4, -0.2) is 40.6 Å². The molecule has 2 aliphatic rings. The van der Waals surface area contributed by atoms with E-state index in [4.69, 9.17) is 21.4 Å². The van der Waals surface area contributed by atoms with Crippen LogP contribution < -0.4 is 4.74 Å². The lowest BCUT2D eigenvalue weighted by Crippen LogP contribution is -2.45. The van der Waals surface area contributed by atoms with E-state index in [1.165, 1.54) is 0 Å². The van der Waals surface area contributed by atoms with Crippen molar-refractivity contribution in [3.8, 4) is 5.75 Å². The van der Waals surface area contributed by atoms with Crippen LogP contribution in [0, 0.1) is 5.92 Å². The van der Waals surface area contributed by atoms with Crippen LogP contribution in [0.5, 0.6) is 5.75 Å². The quantitative estimate of drug-likeness (QED) is 0.903. The summed E-state index contributed by atoms with van der Waals surface area (Å²) in [5.41, 5.74) is 0.924. The second-order valence-corrected chi connectivity index (χ2v) is 6.46. The minimum atomic E-state index is -0.888. The lowest BCUT2D eigenvalue weighted by atomic mass is 10.1. The van der Waals surface area contributed by atoms with Crippen molar-refractivity contribution < 1.29 is 19.4 Å². The topological polar surface area (TPSA) is 66.8 Å². The summed E-state index contributed by atoms with van der Waals surface area (Å²) in [6, 6.07) is 5.47. The fourth-order valence-electron chi connectivity index (χ4n) is 2.72. The summed E-state index contributed by atoms with van der Waals surface area (Å²) in [5.74, 6) is -0.906. The maximum Gasteiger partial charge on any atom is 0.308 e. The Labute approximate surface area is 133 Å². The number of carbonyl (C=O) groups excluding carboxylic acids is 1. The van der Waals surface area contributed by atoms with E-state index in [9.17, 15) is 9.59 Å². The van der Waals surface area contributed by atoms with E-state index in [1.54, 1.807) is 24.0 Å². The summed E-state index contributed by atoms with van der Waals surface area (Å²) in [6.07, 6.45) is 1.78. The Morgan fingerprint density at radius 2 is 2.18 bits per heavy atom. The van der Waals surface area contributed by atoms with Crippen molar-refractivity contribution in [2.24, 2.45) is 5.92 Å². The third kappa shape index (κ3) is 3.04. The zero-order chi connectivity index (χ0) is 15.9. The third-order valence-corrected chi connectivity index (χ3v) is 4.37. The Kier molecular flexibility index (Phi) is 4.00. The maximum atomic E-state index is 12.7. The second-order valence-electron chi connectivity index (χ2n) is 6.02. The van der Waals surface area contributed by atoms with E-state index in [2.05, 4.69) is 0 Å². The van der Waals surface area contributed by atoms with Gasteiger partial charge in [-0.2, -0.15) is 0 Å². The van der Waals surface area contributed by atoms with Crippen molar-refractivity contribution in [1.29, 1.82) is 0 Å². The van der Waals surface area contributed by atoms with Gasteiger partial charge in [-0.1, -0.05) is 18.5 Å². The third-order valence-electron chi connectivity index (χ3n) is 4.14. The molecular formula is C16H18ClNO4. The molecule has 1 amide bonds. The average Bonchev–Trinajstić information content (AvgIpc) is 3.22. The van der Waals surface area contributed by atoms with Crippen LogP contribution in [0.4, 0.5) is 0 Å². The number of rotatable bonds is 5. The van der Waals surface area contributed by atoms with Crippen molar-refractivity contribution >= 4 is 23.5 Å². The number of carboxylic acids is 1. The van der Waals surface area contributed by atoms with E-state index in [0.717, 1.165) is 18.4 Å². The first-order valence-corrected chi connectivity index (χ1v) is 7.82. The predicted octanol–water partition coefficient (Wildman–Crippen LogP) is 2.36. The molecule has 6 heteroatoms. The van der Waals surface area contributed by atoms with Gasteiger partial charge < -0.3 is 14.7 Å². The highest BCUT2D eigenvalue weighted by molar-refractivity contribution is 6.30. The van der Waals surface area contributed by atoms with Gasteiger partial charge in [0.25, 0.3) is 5.91 Å². The SMILES string of the molecule is CC(CN(C(=O)C1Cc2cc(Cl)ccc2O1)C1CC1)C(=O)O. The normalized spacial score (nSPS) is 20.9. The first-order valence-electron chi connectivity index (χ1n) is 7.44. The van der Waals surface area contributed by atoms with Crippen LogP contribution in [0.1, 0.15) is 25.3 Å². The smallest absolute Gasteiger partial charge is 0.308 e. The highest BCUT2D eigenvalue weighted by atomic mass is 35.5. The van der Waals surface area contributed by atoms with E-state index >= 15 is 0 Å². The van der Waals surface area contributed by atoms with Gasteiger partial charge in [-0.15, -0.1) is 0 Å². The number of carbonyl (C=O) groups is 2. The van der Waals surface area contributed by atoms with Crippen LogP contribution >= 0.6 is 11.6 Å². The molecule has 22 heavy (non-hydrogen) atoms. The van der Waals surface area contributed by atoms with E-state index in [0.29, 0.717) is 17.2 Å². The standard InChI is InChI=1S/C16H18ClNO4/c1-9(16(20)21)8-18(12-3-4-12)15(19)14-7-10-6-11(17)2-5-13(10)22-14/h2,5-6,9,12,14H,3-4,7-8H2,1H3,(H,20,21). The van der Waals surface area contributed by atoms with Crippen molar-refractivity contribution in [1.82, 2.24) is 4.90 Å². The fraction of sp³-hybridized carbons (Fsp3) is 0.500. The Bertz CT molecular complexity index is 614. The van der Waals surface area contributed by atoms with Gasteiger partial charge in [0.05, 0.1) is 5.92 Å². The van der Waals surface area contributed by atoms with Crippen molar-refractivity contribution in [2.45, 2.75) is 38.3 Å². The minimum absolute atomic E-state index is 0.122. The molecule has 3 rings (SSSR count). The number of benzene rings is 1. The van der Waals surface area contributed by atoms with Gasteiger partial charge in [-0.3, -0.25) is 9.59 Å². The molecule has 2 unspecified atom stereocenters. The van der Waals surface area contributed by atoms with Gasteiger partial charge in [-0.25, -0.2) is 0 Å². The molecular weight excluding hydrogens is 306 g/mol. The number of hydrogen-bond acceptors (Lipinski definition) is 3. The number of fused-ring (bicyclic) bond motifs is 1. The van der Waals surface area contributed by atoms with Crippen molar-refractivity contribution in [3.63, 3.8) is 0 Å². The molecule has 0 radical (unpaired) electrons. The zero-order valence-electron chi connectivity index (χ0n) is 12.3. The molecule has 0 spiro atoms. The monoisotopic (exact) mass is 323 g/mol. The lowest BCUT2D eigenvalue weighted by Gasteiger charge is -2.26. The molecule has 118 valence electrons. The number of amides is 1.